The highest BCUT2D eigenvalue weighted by molar-refractivity contribution is 5.19. The van der Waals surface area contributed by atoms with E-state index in [1.165, 1.54) is 12.1 Å². The Hall–Kier alpha value is -0.970. The van der Waals surface area contributed by atoms with Crippen molar-refractivity contribution >= 4 is 0 Å². The molecule has 0 spiro atoms. The van der Waals surface area contributed by atoms with E-state index in [-0.39, 0.29) is 11.9 Å². The van der Waals surface area contributed by atoms with Crippen LogP contribution in [0.3, 0.4) is 0 Å². The van der Waals surface area contributed by atoms with Gasteiger partial charge in [-0.05, 0) is 31.2 Å². The quantitative estimate of drug-likeness (QED) is 0.688. The summed E-state index contributed by atoms with van der Waals surface area (Å²) >= 11 is 0. The maximum Gasteiger partial charge on any atom is 0.123 e. The zero-order chi connectivity index (χ0) is 13.2. The molecule has 1 aromatic carbocycles. The SMILES string of the molecule is CCNCC(OCCOCC)c1cccc(F)c1. The van der Waals surface area contributed by atoms with E-state index in [9.17, 15) is 4.39 Å². The molecule has 0 amide bonds. The topological polar surface area (TPSA) is 30.5 Å². The third-order valence-electron chi connectivity index (χ3n) is 2.55. The van der Waals surface area contributed by atoms with Gasteiger partial charge in [0.15, 0.2) is 0 Å². The highest BCUT2D eigenvalue weighted by atomic mass is 19.1. The van der Waals surface area contributed by atoms with E-state index in [2.05, 4.69) is 5.32 Å². The summed E-state index contributed by atoms with van der Waals surface area (Å²) in [5.74, 6) is -0.234. The Morgan fingerprint density at radius 3 is 2.78 bits per heavy atom. The summed E-state index contributed by atoms with van der Waals surface area (Å²) in [5.41, 5.74) is 0.854. The molecular weight excluding hydrogens is 233 g/mol. The lowest BCUT2D eigenvalue weighted by Gasteiger charge is -2.18. The summed E-state index contributed by atoms with van der Waals surface area (Å²) in [4.78, 5) is 0. The van der Waals surface area contributed by atoms with E-state index >= 15 is 0 Å². The Morgan fingerprint density at radius 1 is 1.28 bits per heavy atom. The molecule has 1 aromatic rings. The van der Waals surface area contributed by atoms with Gasteiger partial charge in [0.2, 0.25) is 0 Å². The smallest absolute Gasteiger partial charge is 0.123 e. The fraction of sp³-hybridized carbons (Fsp3) is 0.571. The van der Waals surface area contributed by atoms with E-state index in [1.54, 1.807) is 6.07 Å². The third kappa shape index (κ3) is 5.58. The van der Waals surface area contributed by atoms with Crippen molar-refractivity contribution in [2.24, 2.45) is 0 Å². The largest absolute Gasteiger partial charge is 0.379 e. The molecule has 0 saturated heterocycles. The van der Waals surface area contributed by atoms with Gasteiger partial charge in [-0.3, -0.25) is 0 Å². The number of ether oxygens (including phenoxy) is 2. The van der Waals surface area contributed by atoms with Gasteiger partial charge in [-0.1, -0.05) is 19.1 Å². The Labute approximate surface area is 108 Å². The standard InChI is InChI=1S/C14H22FNO2/c1-3-16-11-14(18-9-8-17-4-2)12-6-5-7-13(15)10-12/h5-7,10,14,16H,3-4,8-9,11H2,1-2H3. The molecule has 0 radical (unpaired) electrons. The van der Waals surface area contributed by atoms with Crippen LogP contribution in [0.1, 0.15) is 25.5 Å². The van der Waals surface area contributed by atoms with Crippen molar-refractivity contribution in [3.63, 3.8) is 0 Å². The fourth-order valence-electron chi connectivity index (χ4n) is 1.65. The monoisotopic (exact) mass is 255 g/mol. The highest BCUT2D eigenvalue weighted by Gasteiger charge is 2.12. The molecular formula is C14H22FNO2. The summed E-state index contributed by atoms with van der Waals surface area (Å²) in [6.45, 7) is 7.27. The number of halogens is 1. The van der Waals surface area contributed by atoms with Gasteiger partial charge >= 0.3 is 0 Å². The predicted molar refractivity (Wildman–Crippen MR) is 70.1 cm³/mol. The molecule has 0 heterocycles. The van der Waals surface area contributed by atoms with Crippen molar-refractivity contribution in [2.75, 3.05) is 32.9 Å². The second-order valence-electron chi connectivity index (χ2n) is 3.92. The Balaban J connectivity index is 2.54. The fourth-order valence-corrected chi connectivity index (χ4v) is 1.65. The minimum atomic E-state index is -0.234. The van der Waals surface area contributed by atoms with Gasteiger partial charge in [0, 0.05) is 13.2 Å². The van der Waals surface area contributed by atoms with Crippen LogP contribution in [-0.4, -0.2) is 32.9 Å². The number of hydrogen-bond acceptors (Lipinski definition) is 3. The van der Waals surface area contributed by atoms with E-state index in [1.807, 2.05) is 19.9 Å². The van der Waals surface area contributed by atoms with Crippen molar-refractivity contribution in [1.82, 2.24) is 5.32 Å². The molecule has 3 nitrogen and oxygen atoms in total. The van der Waals surface area contributed by atoms with Gasteiger partial charge in [-0.25, -0.2) is 4.39 Å². The highest BCUT2D eigenvalue weighted by Crippen LogP contribution is 2.17. The van der Waals surface area contributed by atoms with Gasteiger partial charge in [0.1, 0.15) is 5.82 Å². The second kappa shape index (κ2) is 9.03. The summed E-state index contributed by atoms with van der Waals surface area (Å²) < 4.78 is 24.2. The number of likely N-dealkylation sites (N-methyl/N-ethyl adjacent to an activating group) is 1. The Bertz CT molecular complexity index is 333. The van der Waals surface area contributed by atoms with Crippen LogP contribution in [0.15, 0.2) is 24.3 Å². The van der Waals surface area contributed by atoms with E-state index in [0.717, 1.165) is 12.1 Å². The molecule has 0 bridgehead atoms. The molecule has 18 heavy (non-hydrogen) atoms. The molecule has 102 valence electrons. The molecule has 1 atom stereocenters. The number of rotatable bonds is 9. The molecule has 1 rings (SSSR count). The minimum absolute atomic E-state index is 0.138. The number of benzene rings is 1. The zero-order valence-corrected chi connectivity index (χ0v) is 11.1. The second-order valence-corrected chi connectivity index (χ2v) is 3.92. The molecule has 1 unspecified atom stereocenters. The predicted octanol–water partition coefficient (Wildman–Crippen LogP) is 2.53. The van der Waals surface area contributed by atoms with Crippen LogP contribution in [0.4, 0.5) is 4.39 Å². The van der Waals surface area contributed by atoms with Crippen LogP contribution in [-0.2, 0) is 9.47 Å². The lowest BCUT2D eigenvalue weighted by Crippen LogP contribution is -2.24. The normalized spacial score (nSPS) is 12.6. The van der Waals surface area contributed by atoms with Crippen molar-refractivity contribution in [3.8, 4) is 0 Å². The van der Waals surface area contributed by atoms with Gasteiger partial charge in [0.25, 0.3) is 0 Å². The summed E-state index contributed by atoms with van der Waals surface area (Å²) in [5, 5.41) is 3.22. The lowest BCUT2D eigenvalue weighted by molar-refractivity contribution is 0.00697. The van der Waals surface area contributed by atoms with E-state index in [0.29, 0.717) is 26.4 Å². The first-order valence-electron chi connectivity index (χ1n) is 6.43. The Kier molecular flexibility index (Phi) is 7.57. The number of nitrogens with one attached hydrogen (secondary N) is 1. The van der Waals surface area contributed by atoms with Crippen LogP contribution in [0.5, 0.6) is 0 Å². The molecule has 1 N–H and O–H groups in total. The van der Waals surface area contributed by atoms with Crippen molar-refractivity contribution in [3.05, 3.63) is 35.6 Å². The molecule has 0 fully saturated rings. The zero-order valence-electron chi connectivity index (χ0n) is 11.1. The first-order chi connectivity index (χ1) is 8.77. The average molecular weight is 255 g/mol. The maximum atomic E-state index is 13.2. The molecule has 0 aromatic heterocycles. The van der Waals surface area contributed by atoms with E-state index in [4.69, 9.17) is 9.47 Å². The lowest BCUT2D eigenvalue weighted by atomic mass is 10.1. The first kappa shape index (κ1) is 15.1. The Morgan fingerprint density at radius 2 is 2.11 bits per heavy atom. The molecule has 0 saturated carbocycles. The van der Waals surface area contributed by atoms with Gasteiger partial charge in [0.05, 0.1) is 19.3 Å². The van der Waals surface area contributed by atoms with Crippen molar-refractivity contribution < 1.29 is 13.9 Å². The van der Waals surface area contributed by atoms with Crippen LogP contribution in [0.2, 0.25) is 0 Å². The van der Waals surface area contributed by atoms with Crippen LogP contribution >= 0.6 is 0 Å². The van der Waals surface area contributed by atoms with Gasteiger partial charge < -0.3 is 14.8 Å². The summed E-state index contributed by atoms with van der Waals surface area (Å²) in [6.07, 6.45) is -0.138. The summed E-state index contributed by atoms with van der Waals surface area (Å²) in [6, 6.07) is 6.54. The summed E-state index contributed by atoms with van der Waals surface area (Å²) in [7, 11) is 0. The van der Waals surface area contributed by atoms with Crippen LogP contribution < -0.4 is 5.32 Å². The van der Waals surface area contributed by atoms with Crippen molar-refractivity contribution in [2.45, 2.75) is 20.0 Å². The molecule has 0 aliphatic carbocycles. The molecule has 4 heteroatoms. The molecule has 0 aliphatic rings. The minimum Gasteiger partial charge on any atom is -0.379 e. The van der Waals surface area contributed by atoms with E-state index < -0.39 is 0 Å². The molecule has 0 aliphatic heterocycles. The number of hydrogen-bond donors (Lipinski definition) is 1. The van der Waals surface area contributed by atoms with Crippen LogP contribution in [0, 0.1) is 5.82 Å². The first-order valence-corrected chi connectivity index (χ1v) is 6.43. The average Bonchev–Trinajstić information content (AvgIpc) is 2.38. The third-order valence-corrected chi connectivity index (χ3v) is 2.55. The van der Waals surface area contributed by atoms with Gasteiger partial charge in [-0.2, -0.15) is 0 Å². The maximum absolute atomic E-state index is 13.2. The van der Waals surface area contributed by atoms with Crippen molar-refractivity contribution in [1.29, 1.82) is 0 Å². The van der Waals surface area contributed by atoms with Gasteiger partial charge in [-0.15, -0.1) is 0 Å². The van der Waals surface area contributed by atoms with Crippen LogP contribution in [0.25, 0.3) is 0 Å².